The summed E-state index contributed by atoms with van der Waals surface area (Å²) < 4.78 is 0.725. The molecule has 27 heavy (non-hydrogen) atoms. The second-order valence-corrected chi connectivity index (χ2v) is 9.38. The van der Waals surface area contributed by atoms with Gasteiger partial charge >= 0.3 is 0 Å². The second-order valence-electron chi connectivity index (χ2n) is 7.14. The zero-order valence-electron chi connectivity index (χ0n) is 15.9. The van der Waals surface area contributed by atoms with E-state index in [1.807, 2.05) is 0 Å². The molecule has 2 aromatic rings. The Labute approximate surface area is 168 Å². The number of likely N-dealkylation sites (tertiary alicyclic amines) is 1. The van der Waals surface area contributed by atoms with Crippen molar-refractivity contribution in [1.82, 2.24) is 20.4 Å². The Morgan fingerprint density at radius 3 is 2.67 bits per heavy atom. The molecular formula is C19H27N5OS2. The molecular weight excluding hydrogens is 378 g/mol. The van der Waals surface area contributed by atoms with E-state index < -0.39 is 0 Å². The van der Waals surface area contributed by atoms with Crippen molar-refractivity contribution in [3.63, 3.8) is 0 Å². The number of nitrogens with two attached hydrogens (primary N) is 1. The molecule has 1 amide bonds. The van der Waals surface area contributed by atoms with Crippen molar-refractivity contribution in [2.45, 2.75) is 37.1 Å². The van der Waals surface area contributed by atoms with Crippen molar-refractivity contribution in [1.29, 1.82) is 0 Å². The molecule has 146 valence electrons. The van der Waals surface area contributed by atoms with E-state index in [4.69, 9.17) is 5.73 Å². The molecule has 2 heterocycles. The second kappa shape index (κ2) is 9.52. The molecule has 0 spiro atoms. The molecule has 1 aliphatic rings. The fourth-order valence-corrected chi connectivity index (χ4v) is 4.72. The Kier molecular flexibility index (Phi) is 7.09. The van der Waals surface area contributed by atoms with Gasteiger partial charge < -0.3 is 11.1 Å². The molecule has 8 heteroatoms. The van der Waals surface area contributed by atoms with Crippen molar-refractivity contribution in [3.8, 4) is 0 Å². The van der Waals surface area contributed by atoms with Gasteiger partial charge in [0.2, 0.25) is 11.0 Å². The van der Waals surface area contributed by atoms with Crippen LogP contribution in [0.2, 0.25) is 0 Å². The average Bonchev–Trinajstić information content (AvgIpc) is 3.08. The van der Waals surface area contributed by atoms with Crippen molar-refractivity contribution in [3.05, 3.63) is 35.4 Å². The van der Waals surface area contributed by atoms with E-state index in [0.29, 0.717) is 17.4 Å². The van der Waals surface area contributed by atoms with E-state index in [1.54, 1.807) is 0 Å². The Balaban J connectivity index is 1.58. The third kappa shape index (κ3) is 5.92. The van der Waals surface area contributed by atoms with Crippen LogP contribution in [0.1, 0.15) is 36.9 Å². The number of amides is 1. The Bertz CT molecular complexity index is 741. The number of nitrogen functional groups attached to an aromatic ring is 1. The SMILES string of the molecule is Cc1ccc(C(CNC(=O)CSc2nnc(N)s2)N2CCC(C)CC2)cc1. The van der Waals surface area contributed by atoms with E-state index in [1.165, 1.54) is 47.1 Å². The fourth-order valence-electron chi connectivity index (χ4n) is 3.25. The van der Waals surface area contributed by atoms with Crippen LogP contribution in [0.4, 0.5) is 5.13 Å². The van der Waals surface area contributed by atoms with Crippen molar-refractivity contribution in [2.24, 2.45) is 5.92 Å². The normalized spacial score (nSPS) is 17.0. The van der Waals surface area contributed by atoms with E-state index in [-0.39, 0.29) is 11.9 Å². The Hall–Kier alpha value is -1.64. The van der Waals surface area contributed by atoms with Gasteiger partial charge in [-0.15, -0.1) is 10.2 Å². The molecule has 6 nitrogen and oxygen atoms in total. The quantitative estimate of drug-likeness (QED) is 0.689. The maximum Gasteiger partial charge on any atom is 0.230 e. The summed E-state index contributed by atoms with van der Waals surface area (Å²) in [5, 5.41) is 11.2. The molecule has 1 saturated heterocycles. The summed E-state index contributed by atoms with van der Waals surface area (Å²) in [6.45, 7) is 7.19. The van der Waals surface area contributed by atoms with E-state index in [9.17, 15) is 4.79 Å². The summed E-state index contributed by atoms with van der Waals surface area (Å²) in [7, 11) is 0. The first-order valence-electron chi connectivity index (χ1n) is 9.30. The predicted molar refractivity (Wildman–Crippen MR) is 112 cm³/mol. The van der Waals surface area contributed by atoms with Gasteiger partial charge in [0.25, 0.3) is 0 Å². The minimum atomic E-state index is 0.0104. The van der Waals surface area contributed by atoms with Gasteiger partial charge in [0.1, 0.15) is 0 Å². The molecule has 1 atom stereocenters. The van der Waals surface area contributed by atoms with Gasteiger partial charge in [-0.05, 0) is 44.3 Å². The van der Waals surface area contributed by atoms with Crippen LogP contribution in [0, 0.1) is 12.8 Å². The third-order valence-corrected chi connectivity index (χ3v) is 6.85. The van der Waals surface area contributed by atoms with Crippen LogP contribution in [0.5, 0.6) is 0 Å². The number of rotatable bonds is 7. The van der Waals surface area contributed by atoms with Crippen LogP contribution in [0.3, 0.4) is 0 Å². The molecule has 0 saturated carbocycles. The highest BCUT2D eigenvalue weighted by atomic mass is 32.2. The number of carbonyl (C=O) groups excluding carboxylic acids is 1. The summed E-state index contributed by atoms with van der Waals surface area (Å²) in [5.74, 6) is 1.12. The number of aryl methyl sites for hydroxylation is 1. The van der Waals surface area contributed by atoms with Crippen LogP contribution in [0.15, 0.2) is 28.6 Å². The number of hydrogen-bond donors (Lipinski definition) is 2. The summed E-state index contributed by atoms with van der Waals surface area (Å²) >= 11 is 2.68. The Morgan fingerprint density at radius 1 is 1.33 bits per heavy atom. The first kappa shape index (κ1) is 20.1. The minimum absolute atomic E-state index is 0.0104. The molecule has 1 unspecified atom stereocenters. The third-order valence-electron chi connectivity index (χ3n) is 4.96. The van der Waals surface area contributed by atoms with Crippen LogP contribution < -0.4 is 11.1 Å². The predicted octanol–water partition coefficient (Wildman–Crippen LogP) is 3.11. The number of carbonyl (C=O) groups is 1. The average molecular weight is 406 g/mol. The number of anilines is 1. The van der Waals surface area contributed by atoms with Crippen LogP contribution >= 0.6 is 23.1 Å². The van der Waals surface area contributed by atoms with Crippen LogP contribution in [-0.2, 0) is 4.79 Å². The van der Waals surface area contributed by atoms with Crippen molar-refractivity contribution in [2.75, 3.05) is 31.1 Å². The monoisotopic (exact) mass is 405 g/mol. The molecule has 3 N–H and O–H groups in total. The first-order chi connectivity index (χ1) is 13.0. The smallest absolute Gasteiger partial charge is 0.230 e. The van der Waals surface area contributed by atoms with E-state index in [0.717, 1.165) is 23.3 Å². The van der Waals surface area contributed by atoms with Gasteiger partial charge in [0.15, 0.2) is 4.34 Å². The van der Waals surface area contributed by atoms with Crippen molar-refractivity contribution < 1.29 is 4.79 Å². The van der Waals surface area contributed by atoms with Gasteiger partial charge in [0, 0.05) is 6.54 Å². The molecule has 1 aliphatic heterocycles. The maximum atomic E-state index is 12.3. The van der Waals surface area contributed by atoms with E-state index >= 15 is 0 Å². The zero-order valence-corrected chi connectivity index (χ0v) is 17.5. The first-order valence-corrected chi connectivity index (χ1v) is 11.1. The summed E-state index contributed by atoms with van der Waals surface area (Å²) in [6.07, 6.45) is 2.43. The summed E-state index contributed by atoms with van der Waals surface area (Å²) in [5.41, 5.74) is 8.09. The molecule has 0 bridgehead atoms. The lowest BCUT2D eigenvalue weighted by molar-refractivity contribution is -0.118. The fraction of sp³-hybridized carbons (Fsp3) is 0.526. The van der Waals surface area contributed by atoms with Gasteiger partial charge in [-0.2, -0.15) is 0 Å². The number of benzene rings is 1. The van der Waals surface area contributed by atoms with Gasteiger partial charge in [-0.1, -0.05) is 59.9 Å². The van der Waals surface area contributed by atoms with Crippen LogP contribution in [0.25, 0.3) is 0 Å². The Morgan fingerprint density at radius 2 is 2.04 bits per heavy atom. The lowest BCUT2D eigenvalue weighted by Gasteiger charge is -2.37. The highest BCUT2D eigenvalue weighted by molar-refractivity contribution is 8.01. The lowest BCUT2D eigenvalue weighted by Crippen LogP contribution is -2.42. The number of hydrogen-bond acceptors (Lipinski definition) is 7. The molecule has 0 radical (unpaired) electrons. The standard InChI is InChI=1S/C19H27N5OS2/c1-13-3-5-15(6-4-13)16(24-9-7-14(2)8-10-24)11-21-17(25)12-26-19-23-22-18(20)27-19/h3-6,14,16H,7-12H2,1-2H3,(H2,20,22)(H,21,25). The molecule has 0 aliphatic carbocycles. The highest BCUT2D eigenvalue weighted by Crippen LogP contribution is 2.27. The minimum Gasteiger partial charge on any atom is -0.374 e. The molecule has 1 aromatic carbocycles. The molecule has 1 fully saturated rings. The largest absolute Gasteiger partial charge is 0.374 e. The number of aromatic nitrogens is 2. The number of nitrogens with zero attached hydrogens (tertiary/aromatic N) is 3. The molecule has 1 aromatic heterocycles. The maximum absolute atomic E-state index is 12.3. The lowest BCUT2D eigenvalue weighted by atomic mass is 9.95. The summed E-state index contributed by atoms with van der Waals surface area (Å²) in [6, 6.07) is 8.87. The van der Waals surface area contributed by atoms with Gasteiger partial charge in [0.05, 0.1) is 11.8 Å². The topological polar surface area (TPSA) is 84.1 Å². The van der Waals surface area contributed by atoms with Crippen LogP contribution in [-0.4, -0.2) is 46.4 Å². The van der Waals surface area contributed by atoms with Gasteiger partial charge in [-0.25, -0.2) is 0 Å². The number of nitrogens with one attached hydrogen (secondary N) is 1. The molecule has 3 rings (SSSR count). The summed E-state index contributed by atoms with van der Waals surface area (Å²) in [4.78, 5) is 14.8. The van der Waals surface area contributed by atoms with E-state index in [2.05, 4.69) is 58.5 Å². The zero-order chi connectivity index (χ0) is 19.2. The van der Waals surface area contributed by atoms with Crippen molar-refractivity contribution >= 4 is 34.1 Å². The number of piperidine rings is 1. The van der Waals surface area contributed by atoms with Gasteiger partial charge in [-0.3, -0.25) is 9.69 Å². The number of thioether (sulfide) groups is 1. The highest BCUT2D eigenvalue weighted by Gasteiger charge is 2.25.